The van der Waals surface area contributed by atoms with E-state index in [4.69, 9.17) is 9.47 Å². The van der Waals surface area contributed by atoms with Crippen molar-refractivity contribution in [2.75, 3.05) is 21.3 Å². The van der Waals surface area contributed by atoms with Crippen molar-refractivity contribution in [3.05, 3.63) is 59.7 Å². The zero-order chi connectivity index (χ0) is 20.8. The fraction of sp³-hybridized carbons (Fsp3) is 0.318. The number of methoxy groups -OCH3 is 2. The molecule has 1 heterocycles. The van der Waals surface area contributed by atoms with Crippen LogP contribution in [0.1, 0.15) is 24.0 Å². The number of hydrogen-bond donors (Lipinski definition) is 0. The van der Waals surface area contributed by atoms with Crippen LogP contribution in [0, 0.1) is 0 Å². The van der Waals surface area contributed by atoms with Crippen LogP contribution in [0.3, 0.4) is 0 Å². The van der Waals surface area contributed by atoms with Gasteiger partial charge in [-0.2, -0.15) is 5.10 Å². The van der Waals surface area contributed by atoms with Gasteiger partial charge in [-0.1, -0.05) is 30.3 Å². The first-order chi connectivity index (χ1) is 14.0. The van der Waals surface area contributed by atoms with E-state index in [1.54, 1.807) is 32.2 Å². The quantitative estimate of drug-likeness (QED) is 0.723. The number of hydrogen-bond acceptors (Lipinski definition) is 5. The smallest absolute Gasteiger partial charge is 0.270 e. The molecule has 1 aliphatic heterocycles. The first-order valence-electron chi connectivity index (χ1n) is 9.40. The van der Waals surface area contributed by atoms with Gasteiger partial charge in [0.05, 0.1) is 20.8 Å². The summed E-state index contributed by atoms with van der Waals surface area (Å²) in [6, 6.07) is 15.1. The monoisotopic (exact) mass is 395 g/mol. The average Bonchev–Trinajstić information content (AvgIpc) is 2.75. The fourth-order valence-corrected chi connectivity index (χ4v) is 3.17. The molecule has 0 radical (unpaired) electrons. The number of amides is 2. The van der Waals surface area contributed by atoms with Gasteiger partial charge in [-0.05, 0) is 17.7 Å². The molecular formula is C22H25N3O4. The summed E-state index contributed by atoms with van der Waals surface area (Å²) in [7, 11) is 4.89. The van der Waals surface area contributed by atoms with Gasteiger partial charge in [0.25, 0.3) is 5.91 Å². The molecule has 0 atom stereocenters. The normalized spacial score (nSPS) is 13.7. The van der Waals surface area contributed by atoms with E-state index >= 15 is 0 Å². The van der Waals surface area contributed by atoms with Crippen molar-refractivity contribution in [3.63, 3.8) is 0 Å². The van der Waals surface area contributed by atoms with Gasteiger partial charge in [0.1, 0.15) is 17.2 Å². The summed E-state index contributed by atoms with van der Waals surface area (Å²) in [6.45, 7) is 0.712. The van der Waals surface area contributed by atoms with Crippen molar-refractivity contribution >= 4 is 17.5 Å². The maximum absolute atomic E-state index is 12.9. The van der Waals surface area contributed by atoms with Crippen LogP contribution in [-0.4, -0.2) is 48.7 Å². The molecule has 3 rings (SSSR count). The van der Waals surface area contributed by atoms with Crippen molar-refractivity contribution in [2.24, 2.45) is 5.10 Å². The molecule has 0 aromatic heterocycles. The first kappa shape index (κ1) is 20.4. The molecule has 0 unspecified atom stereocenters. The third-order valence-corrected chi connectivity index (χ3v) is 4.78. The summed E-state index contributed by atoms with van der Waals surface area (Å²) < 4.78 is 10.6. The Morgan fingerprint density at radius 1 is 1.10 bits per heavy atom. The van der Waals surface area contributed by atoms with E-state index in [-0.39, 0.29) is 18.2 Å². The minimum atomic E-state index is -0.201. The molecule has 152 valence electrons. The van der Waals surface area contributed by atoms with Gasteiger partial charge in [-0.15, -0.1) is 0 Å². The molecule has 2 aromatic carbocycles. The molecule has 7 heteroatoms. The maximum Gasteiger partial charge on any atom is 0.270 e. The van der Waals surface area contributed by atoms with Gasteiger partial charge in [0.15, 0.2) is 0 Å². The Morgan fingerprint density at radius 3 is 2.55 bits per heavy atom. The third-order valence-electron chi connectivity index (χ3n) is 4.78. The number of nitrogens with zero attached hydrogens (tertiary/aromatic N) is 3. The minimum Gasteiger partial charge on any atom is -0.497 e. The Morgan fingerprint density at radius 2 is 1.86 bits per heavy atom. The lowest BCUT2D eigenvalue weighted by Crippen LogP contribution is -2.39. The molecular weight excluding hydrogens is 370 g/mol. The molecule has 2 amide bonds. The number of rotatable bonds is 7. The second-order valence-corrected chi connectivity index (χ2v) is 6.82. The summed E-state index contributed by atoms with van der Waals surface area (Å²) >= 11 is 0. The van der Waals surface area contributed by atoms with Crippen LogP contribution in [0.2, 0.25) is 0 Å². The van der Waals surface area contributed by atoms with Crippen LogP contribution in [0.15, 0.2) is 53.6 Å². The number of hydrazone groups is 1. The molecule has 29 heavy (non-hydrogen) atoms. The second-order valence-electron chi connectivity index (χ2n) is 6.82. The third kappa shape index (κ3) is 4.93. The van der Waals surface area contributed by atoms with E-state index in [1.807, 2.05) is 42.5 Å². The van der Waals surface area contributed by atoms with Crippen molar-refractivity contribution in [1.29, 1.82) is 0 Å². The minimum absolute atomic E-state index is 0.0788. The SMILES string of the molecule is COc1ccc(CN(C)C(=O)C2=NN(Cc3ccccc3)C(=O)CC2)c(OC)c1. The molecule has 0 N–H and O–H groups in total. The average molecular weight is 395 g/mol. The summed E-state index contributed by atoms with van der Waals surface area (Å²) in [5.74, 6) is 1.06. The zero-order valence-electron chi connectivity index (χ0n) is 16.9. The van der Waals surface area contributed by atoms with Crippen molar-refractivity contribution in [1.82, 2.24) is 9.91 Å². The van der Waals surface area contributed by atoms with Gasteiger partial charge in [0.2, 0.25) is 5.91 Å². The highest BCUT2D eigenvalue weighted by atomic mass is 16.5. The Bertz CT molecular complexity index is 912. The zero-order valence-corrected chi connectivity index (χ0v) is 16.9. The largest absolute Gasteiger partial charge is 0.497 e. The number of benzene rings is 2. The number of ether oxygens (including phenoxy) is 2. The maximum atomic E-state index is 12.9. The summed E-state index contributed by atoms with van der Waals surface area (Å²) in [5, 5.41) is 5.73. The van der Waals surface area contributed by atoms with Crippen molar-refractivity contribution in [2.45, 2.75) is 25.9 Å². The van der Waals surface area contributed by atoms with E-state index in [1.165, 1.54) is 5.01 Å². The summed E-state index contributed by atoms with van der Waals surface area (Å²) in [4.78, 5) is 26.7. The fourth-order valence-electron chi connectivity index (χ4n) is 3.17. The van der Waals surface area contributed by atoms with Gasteiger partial charge in [-0.3, -0.25) is 9.59 Å². The van der Waals surface area contributed by atoms with Crippen molar-refractivity contribution < 1.29 is 19.1 Å². The highest BCUT2D eigenvalue weighted by Gasteiger charge is 2.26. The van der Waals surface area contributed by atoms with Gasteiger partial charge in [-0.25, -0.2) is 5.01 Å². The molecule has 0 fully saturated rings. The highest BCUT2D eigenvalue weighted by Crippen LogP contribution is 2.26. The number of carbonyl (C=O) groups is 2. The van der Waals surface area contributed by atoms with E-state index < -0.39 is 0 Å². The van der Waals surface area contributed by atoms with Crippen LogP contribution in [0.25, 0.3) is 0 Å². The summed E-state index contributed by atoms with van der Waals surface area (Å²) in [6.07, 6.45) is 0.615. The van der Waals surface area contributed by atoms with Gasteiger partial charge < -0.3 is 14.4 Å². The van der Waals surface area contributed by atoms with E-state index in [0.29, 0.717) is 36.7 Å². The van der Waals surface area contributed by atoms with Crippen LogP contribution in [0.4, 0.5) is 0 Å². The van der Waals surface area contributed by atoms with Crippen LogP contribution >= 0.6 is 0 Å². The van der Waals surface area contributed by atoms with E-state index in [0.717, 1.165) is 11.1 Å². The highest BCUT2D eigenvalue weighted by molar-refractivity contribution is 6.39. The molecule has 0 bridgehead atoms. The van der Waals surface area contributed by atoms with Gasteiger partial charge in [0, 0.05) is 38.1 Å². The molecule has 0 spiro atoms. The molecule has 0 saturated carbocycles. The van der Waals surface area contributed by atoms with Crippen LogP contribution < -0.4 is 9.47 Å². The molecule has 1 aliphatic rings. The first-order valence-corrected chi connectivity index (χ1v) is 9.40. The lowest BCUT2D eigenvalue weighted by Gasteiger charge is -2.26. The lowest BCUT2D eigenvalue weighted by atomic mass is 10.1. The summed E-state index contributed by atoms with van der Waals surface area (Å²) in [5.41, 5.74) is 2.21. The predicted molar refractivity (Wildman–Crippen MR) is 110 cm³/mol. The van der Waals surface area contributed by atoms with Crippen molar-refractivity contribution in [3.8, 4) is 11.5 Å². The van der Waals surface area contributed by atoms with Crippen LogP contribution in [0.5, 0.6) is 11.5 Å². The Labute approximate surface area is 170 Å². The van der Waals surface area contributed by atoms with Crippen LogP contribution in [-0.2, 0) is 22.7 Å². The van der Waals surface area contributed by atoms with Gasteiger partial charge >= 0.3 is 0 Å². The lowest BCUT2D eigenvalue weighted by molar-refractivity contribution is -0.132. The molecule has 0 saturated heterocycles. The van der Waals surface area contributed by atoms with E-state index in [9.17, 15) is 9.59 Å². The topological polar surface area (TPSA) is 71.4 Å². The molecule has 7 nitrogen and oxygen atoms in total. The Hall–Kier alpha value is -3.35. The standard InChI is InChI=1S/C22H25N3O4/c1-24(15-17-9-10-18(28-2)13-20(17)29-3)22(27)19-11-12-21(26)25(23-19)14-16-7-5-4-6-8-16/h4-10,13H,11-12,14-15H2,1-3H3. The second kappa shape index (κ2) is 9.23. The van der Waals surface area contributed by atoms with E-state index in [2.05, 4.69) is 5.10 Å². The predicted octanol–water partition coefficient (Wildman–Crippen LogP) is 2.84. The molecule has 2 aromatic rings. The Kier molecular flexibility index (Phi) is 6.49. The molecule has 0 aliphatic carbocycles. The Balaban J connectivity index is 1.73. The number of carbonyl (C=O) groups excluding carboxylic acids is 2.